The number of hydrogen-bond donors (Lipinski definition) is 1. The Balaban J connectivity index is 2.69. The maximum absolute atomic E-state index is 5.49. The van der Waals surface area contributed by atoms with Crippen molar-refractivity contribution in [3.05, 3.63) is 47.0 Å². The van der Waals surface area contributed by atoms with Gasteiger partial charge in [-0.05, 0) is 42.9 Å². The van der Waals surface area contributed by atoms with Crippen molar-refractivity contribution in [2.75, 3.05) is 6.54 Å². The van der Waals surface area contributed by atoms with E-state index in [0.29, 0.717) is 0 Å². The SMILES string of the molecule is CC(=CCCN)Cc1ccc(C(C)(C)C)cc1. The first-order valence-electron chi connectivity index (χ1n) is 6.38. The van der Waals surface area contributed by atoms with Crippen molar-refractivity contribution < 1.29 is 0 Å². The van der Waals surface area contributed by atoms with Gasteiger partial charge in [0.05, 0.1) is 0 Å². The van der Waals surface area contributed by atoms with E-state index in [0.717, 1.165) is 19.4 Å². The van der Waals surface area contributed by atoms with Crippen LogP contribution >= 0.6 is 0 Å². The summed E-state index contributed by atoms with van der Waals surface area (Å²) in [5.41, 5.74) is 9.91. The van der Waals surface area contributed by atoms with Gasteiger partial charge in [-0.3, -0.25) is 0 Å². The van der Waals surface area contributed by atoms with Gasteiger partial charge in [-0.25, -0.2) is 0 Å². The molecule has 0 heterocycles. The Morgan fingerprint density at radius 2 is 1.76 bits per heavy atom. The molecule has 0 unspecified atom stereocenters. The van der Waals surface area contributed by atoms with Gasteiger partial charge in [-0.2, -0.15) is 0 Å². The highest BCUT2D eigenvalue weighted by Crippen LogP contribution is 2.22. The molecule has 1 aromatic rings. The summed E-state index contributed by atoms with van der Waals surface area (Å²) in [6.07, 6.45) is 4.24. The van der Waals surface area contributed by atoms with Gasteiger partial charge < -0.3 is 5.73 Å². The van der Waals surface area contributed by atoms with Crippen LogP contribution in [0, 0.1) is 0 Å². The molecule has 0 bridgehead atoms. The van der Waals surface area contributed by atoms with Crippen molar-refractivity contribution in [1.29, 1.82) is 0 Å². The van der Waals surface area contributed by atoms with E-state index in [1.54, 1.807) is 0 Å². The molecular weight excluding hydrogens is 206 g/mol. The molecule has 0 atom stereocenters. The minimum atomic E-state index is 0.239. The van der Waals surface area contributed by atoms with Gasteiger partial charge in [0.1, 0.15) is 0 Å². The van der Waals surface area contributed by atoms with E-state index in [2.05, 4.69) is 58.0 Å². The predicted octanol–water partition coefficient (Wildman–Crippen LogP) is 3.82. The third-order valence-electron chi connectivity index (χ3n) is 2.96. The second-order valence-corrected chi connectivity index (χ2v) is 5.75. The standard InChI is InChI=1S/C16H25N/c1-13(6-5-11-17)12-14-7-9-15(10-8-14)16(2,3)4/h6-10H,5,11-12,17H2,1-4H3. The van der Waals surface area contributed by atoms with Crippen LogP contribution in [0.15, 0.2) is 35.9 Å². The fourth-order valence-corrected chi connectivity index (χ4v) is 1.85. The third kappa shape index (κ3) is 4.74. The molecule has 94 valence electrons. The van der Waals surface area contributed by atoms with Gasteiger partial charge >= 0.3 is 0 Å². The Morgan fingerprint density at radius 3 is 2.24 bits per heavy atom. The average molecular weight is 231 g/mol. The predicted molar refractivity (Wildman–Crippen MR) is 76.3 cm³/mol. The first kappa shape index (κ1) is 14.0. The first-order valence-corrected chi connectivity index (χ1v) is 6.38. The summed E-state index contributed by atoms with van der Waals surface area (Å²) < 4.78 is 0. The van der Waals surface area contributed by atoms with Crippen molar-refractivity contribution in [2.45, 2.75) is 46.0 Å². The monoisotopic (exact) mass is 231 g/mol. The molecule has 0 aliphatic rings. The molecule has 0 aromatic heterocycles. The van der Waals surface area contributed by atoms with Crippen LogP contribution in [0.4, 0.5) is 0 Å². The summed E-state index contributed by atoms with van der Waals surface area (Å²) in [6, 6.07) is 8.96. The fraction of sp³-hybridized carbons (Fsp3) is 0.500. The highest BCUT2D eigenvalue weighted by atomic mass is 14.5. The minimum absolute atomic E-state index is 0.239. The quantitative estimate of drug-likeness (QED) is 0.783. The highest BCUT2D eigenvalue weighted by molar-refractivity contribution is 5.29. The molecule has 0 aliphatic heterocycles. The molecule has 1 rings (SSSR count). The summed E-state index contributed by atoms with van der Waals surface area (Å²) in [5.74, 6) is 0. The Morgan fingerprint density at radius 1 is 1.18 bits per heavy atom. The fourth-order valence-electron chi connectivity index (χ4n) is 1.85. The normalized spacial score (nSPS) is 12.9. The Bertz CT molecular complexity index is 366. The summed E-state index contributed by atoms with van der Waals surface area (Å²) in [6.45, 7) is 9.64. The zero-order chi connectivity index (χ0) is 12.9. The molecule has 0 radical (unpaired) electrons. The van der Waals surface area contributed by atoms with Gasteiger partial charge in [0.15, 0.2) is 0 Å². The van der Waals surface area contributed by atoms with Crippen LogP contribution in [0.1, 0.15) is 45.2 Å². The first-order chi connectivity index (χ1) is 7.93. The van der Waals surface area contributed by atoms with Crippen LogP contribution in [0.2, 0.25) is 0 Å². The van der Waals surface area contributed by atoms with Gasteiger partial charge in [0, 0.05) is 0 Å². The molecule has 0 saturated heterocycles. The number of benzene rings is 1. The molecule has 1 nitrogen and oxygen atoms in total. The lowest BCUT2D eigenvalue weighted by Gasteiger charge is -2.19. The number of rotatable bonds is 4. The Kier molecular flexibility index (Phi) is 4.95. The van der Waals surface area contributed by atoms with E-state index in [1.165, 1.54) is 16.7 Å². The van der Waals surface area contributed by atoms with Crippen molar-refractivity contribution in [1.82, 2.24) is 0 Å². The largest absolute Gasteiger partial charge is 0.330 e. The van der Waals surface area contributed by atoms with E-state index in [4.69, 9.17) is 5.73 Å². The number of nitrogens with two attached hydrogens (primary N) is 1. The highest BCUT2D eigenvalue weighted by Gasteiger charge is 2.12. The molecule has 17 heavy (non-hydrogen) atoms. The maximum Gasteiger partial charge on any atom is -0.00425 e. The topological polar surface area (TPSA) is 26.0 Å². The Labute approximate surface area is 106 Å². The molecular formula is C16H25N. The average Bonchev–Trinajstić information content (AvgIpc) is 2.26. The zero-order valence-corrected chi connectivity index (χ0v) is 11.6. The van der Waals surface area contributed by atoms with Crippen LogP contribution < -0.4 is 5.73 Å². The molecule has 0 saturated carbocycles. The Hall–Kier alpha value is -1.08. The minimum Gasteiger partial charge on any atom is -0.330 e. The van der Waals surface area contributed by atoms with Crippen LogP contribution in [0.5, 0.6) is 0 Å². The van der Waals surface area contributed by atoms with Crippen molar-refractivity contribution in [3.8, 4) is 0 Å². The lowest BCUT2D eigenvalue weighted by molar-refractivity contribution is 0.590. The van der Waals surface area contributed by atoms with Crippen molar-refractivity contribution >= 4 is 0 Å². The third-order valence-corrected chi connectivity index (χ3v) is 2.96. The second kappa shape index (κ2) is 6.02. The van der Waals surface area contributed by atoms with Crippen LogP contribution in [0.3, 0.4) is 0 Å². The van der Waals surface area contributed by atoms with Gasteiger partial charge in [-0.1, -0.05) is 56.7 Å². The molecule has 0 aliphatic carbocycles. The molecule has 1 heteroatoms. The van der Waals surface area contributed by atoms with Gasteiger partial charge in [0.25, 0.3) is 0 Å². The van der Waals surface area contributed by atoms with Crippen molar-refractivity contribution in [2.24, 2.45) is 5.73 Å². The summed E-state index contributed by atoms with van der Waals surface area (Å²) in [4.78, 5) is 0. The van der Waals surface area contributed by atoms with Crippen LogP contribution in [0.25, 0.3) is 0 Å². The van der Waals surface area contributed by atoms with E-state index < -0.39 is 0 Å². The van der Waals surface area contributed by atoms with Crippen LogP contribution in [-0.2, 0) is 11.8 Å². The molecule has 0 fully saturated rings. The smallest absolute Gasteiger partial charge is 0.00425 e. The lowest BCUT2D eigenvalue weighted by Crippen LogP contribution is -2.10. The summed E-state index contributed by atoms with van der Waals surface area (Å²) in [5, 5.41) is 0. The number of allylic oxidation sites excluding steroid dienone is 1. The van der Waals surface area contributed by atoms with Crippen LogP contribution in [-0.4, -0.2) is 6.54 Å². The van der Waals surface area contributed by atoms with E-state index in [-0.39, 0.29) is 5.41 Å². The van der Waals surface area contributed by atoms with E-state index in [9.17, 15) is 0 Å². The van der Waals surface area contributed by atoms with Gasteiger partial charge in [0.2, 0.25) is 0 Å². The second-order valence-electron chi connectivity index (χ2n) is 5.75. The molecule has 2 N–H and O–H groups in total. The zero-order valence-electron chi connectivity index (χ0n) is 11.6. The molecule has 1 aromatic carbocycles. The maximum atomic E-state index is 5.49. The van der Waals surface area contributed by atoms with Crippen molar-refractivity contribution in [3.63, 3.8) is 0 Å². The summed E-state index contributed by atoms with van der Waals surface area (Å²) in [7, 11) is 0. The van der Waals surface area contributed by atoms with E-state index in [1.807, 2.05) is 0 Å². The summed E-state index contributed by atoms with van der Waals surface area (Å²) >= 11 is 0. The molecule has 0 amide bonds. The molecule has 0 spiro atoms. The van der Waals surface area contributed by atoms with Gasteiger partial charge in [-0.15, -0.1) is 0 Å². The lowest BCUT2D eigenvalue weighted by atomic mass is 9.86. The van der Waals surface area contributed by atoms with E-state index >= 15 is 0 Å². The number of hydrogen-bond acceptors (Lipinski definition) is 1.